The first kappa shape index (κ1) is 15.8. The van der Waals surface area contributed by atoms with E-state index in [0.29, 0.717) is 11.4 Å². The molecule has 2 aromatic rings. The van der Waals surface area contributed by atoms with Crippen LogP contribution >= 0.6 is 0 Å². The first-order chi connectivity index (χ1) is 11.4. The van der Waals surface area contributed by atoms with Crippen LogP contribution in [0, 0.1) is 6.57 Å². The van der Waals surface area contributed by atoms with Gasteiger partial charge in [0.15, 0.2) is 11.3 Å². The molecule has 1 N–H and O–H groups in total. The van der Waals surface area contributed by atoms with Gasteiger partial charge in [-0.25, -0.2) is 9.64 Å². The molecule has 1 aliphatic rings. The van der Waals surface area contributed by atoms with Crippen molar-refractivity contribution in [1.29, 1.82) is 0 Å². The minimum absolute atomic E-state index is 0.531. The molecular weight excluding hydrogens is 302 g/mol. The molecule has 0 saturated heterocycles. The van der Waals surface area contributed by atoms with Crippen molar-refractivity contribution in [2.75, 3.05) is 0 Å². The number of nitrogens with zero attached hydrogens (tertiary/aromatic N) is 1. The van der Waals surface area contributed by atoms with Gasteiger partial charge >= 0.3 is 5.97 Å². The summed E-state index contributed by atoms with van der Waals surface area (Å²) in [4.78, 5) is 14.8. The first-order valence-electron chi connectivity index (χ1n) is 7.65. The highest BCUT2D eigenvalue weighted by molar-refractivity contribution is 5.85. The molecule has 0 amide bonds. The number of allylic oxidation sites excluding steroid dienone is 1. The molecule has 1 aliphatic carbocycles. The Hall–Kier alpha value is -3.06. The molecule has 4 heteroatoms. The molecule has 0 unspecified atom stereocenters. The van der Waals surface area contributed by atoms with Gasteiger partial charge in [0.1, 0.15) is 5.75 Å². The van der Waals surface area contributed by atoms with Crippen molar-refractivity contribution in [3.63, 3.8) is 0 Å². The lowest BCUT2D eigenvalue weighted by molar-refractivity contribution is -0.152. The standard InChI is InChI=1S/C20H17NO3/c1-20(2,19(22)23)24-17-12-9-13-5-4-6-16(13)18(17)14-7-10-15(21-3)11-8-14/h4,6-12H,5H2,1-2H3,(H,22,23). The second-order valence-electron chi connectivity index (χ2n) is 6.19. The van der Waals surface area contributed by atoms with E-state index in [1.807, 2.05) is 30.3 Å². The quantitative estimate of drug-likeness (QED) is 0.830. The van der Waals surface area contributed by atoms with Crippen molar-refractivity contribution in [3.8, 4) is 16.9 Å². The molecule has 0 aromatic heterocycles. The Bertz CT molecular complexity index is 871. The number of hydrogen-bond acceptors (Lipinski definition) is 2. The Labute approximate surface area is 140 Å². The van der Waals surface area contributed by atoms with Crippen molar-refractivity contribution >= 4 is 17.7 Å². The zero-order valence-electron chi connectivity index (χ0n) is 13.5. The molecule has 0 heterocycles. The Morgan fingerprint density at radius 2 is 1.92 bits per heavy atom. The topological polar surface area (TPSA) is 50.9 Å². The van der Waals surface area contributed by atoms with Gasteiger partial charge in [-0.3, -0.25) is 0 Å². The Morgan fingerprint density at radius 3 is 2.54 bits per heavy atom. The van der Waals surface area contributed by atoms with Crippen LogP contribution in [-0.2, 0) is 11.2 Å². The second-order valence-corrected chi connectivity index (χ2v) is 6.19. The molecule has 0 bridgehead atoms. The molecule has 0 aliphatic heterocycles. The number of hydrogen-bond donors (Lipinski definition) is 1. The highest BCUT2D eigenvalue weighted by Gasteiger charge is 2.31. The van der Waals surface area contributed by atoms with Crippen LogP contribution in [0.5, 0.6) is 5.75 Å². The molecule has 4 nitrogen and oxygen atoms in total. The zero-order chi connectivity index (χ0) is 17.3. The van der Waals surface area contributed by atoms with Crippen molar-refractivity contribution in [2.24, 2.45) is 0 Å². The molecule has 3 rings (SSSR count). The number of aliphatic carboxylic acids is 1. The smallest absolute Gasteiger partial charge is 0.347 e. The maximum Gasteiger partial charge on any atom is 0.347 e. The number of fused-ring (bicyclic) bond motifs is 1. The minimum atomic E-state index is -1.33. The number of ether oxygens (including phenoxy) is 1. The highest BCUT2D eigenvalue weighted by Crippen LogP contribution is 2.40. The number of rotatable bonds is 4. The fourth-order valence-corrected chi connectivity index (χ4v) is 2.72. The van der Waals surface area contributed by atoms with Gasteiger partial charge in [-0.15, -0.1) is 0 Å². The van der Waals surface area contributed by atoms with E-state index in [0.717, 1.165) is 23.1 Å². The second kappa shape index (κ2) is 5.86. The van der Waals surface area contributed by atoms with Crippen molar-refractivity contribution in [1.82, 2.24) is 0 Å². The average molecular weight is 319 g/mol. The molecule has 0 saturated carbocycles. The maximum absolute atomic E-state index is 11.4. The van der Waals surface area contributed by atoms with Gasteiger partial charge < -0.3 is 9.84 Å². The number of carboxylic acids is 1. The van der Waals surface area contributed by atoms with Crippen LogP contribution in [0.25, 0.3) is 22.0 Å². The number of carboxylic acid groups (broad SMARTS) is 1. The Kier molecular flexibility index (Phi) is 3.86. The first-order valence-corrected chi connectivity index (χ1v) is 7.65. The van der Waals surface area contributed by atoms with Crippen LogP contribution in [0.4, 0.5) is 5.69 Å². The number of benzene rings is 2. The molecule has 120 valence electrons. The average Bonchev–Trinajstić information content (AvgIpc) is 3.03. The molecular formula is C20H17NO3. The van der Waals surface area contributed by atoms with E-state index in [1.54, 1.807) is 12.1 Å². The third kappa shape index (κ3) is 2.77. The van der Waals surface area contributed by atoms with Gasteiger partial charge in [0.2, 0.25) is 0 Å². The van der Waals surface area contributed by atoms with Crippen LogP contribution in [0.3, 0.4) is 0 Å². The van der Waals surface area contributed by atoms with Crippen LogP contribution in [0.2, 0.25) is 0 Å². The summed E-state index contributed by atoms with van der Waals surface area (Å²) >= 11 is 0. The Balaban J connectivity index is 2.15. The largest absolute Gasteiger partial charge is 0.478 e. The molecule has 0 atom stereocenters. The number of carbonyl (C=O) groups is 1. The van der Waals surface area contributed by atoms with E-state index in [1.165, 1.54) is 19.4 Å². The SMILES string of the molecule is [C-]#[N+]c1ccc(-c2c(OC(C)(C)C(=O)O)ccc3c2C=CC3)cc1. The highest BCUT2D eigenvalue weighted by atomic mass is 16.5. The summed E-state index contributed by atoms with van der Waals surface area (Å²) in [6.07, 6.45) is 4.97. The third-order valence-corrected chi connectivity index (χ3v) is 4.09. The molecule has 0 radical (unpaired) electrons. The van der Waals surface area contributed by atoms with E-state index in [9.17, 15) is 9.90 Å². The fourth-order valence-electron chi connectivity index (χ4n) is 2.72. The van der Waals surface area contributed by atoms with Gasteiger partial charge in [0, 0.05) is 5.56 Å². The van der Waals surface area contributed by atoms with Crippen LogP contribution in [-0.4, -0.2) is 16.7 Å². The fraction of sp³-hybridized carbons (Fsp3) is 0.200. The lowest BCUT2D eigenvalue weighted by Gasteiger charge is -2.24. The van der Waals surface area contributed by atoms with E-state index in [2.05, 4.69) is 10.9 Å². The molecule has 24 heavy (non-hydrogen) atoms. The molecule has 0 spiro atoms. The van der Waals surface area contributed by atoms with Gasteiger partial charge in [-0.05, 0) is 43.0 Å². The summed E-state index contributed by atoms with van der Waals surface area (Å²) in [5.41, 5.74) is 3.23. The summed E-state index contributed by atoms with van der Waals surface area (Å²) in [7, 11) is 0. The van der Waals surface area contributed by atoms with Gasteiger partial charge in [0.05, 0.1) is 6.57 Å². The van der Waals surface area contributed by atoms with Crippen LogP contribution in [0.1, 0.15) is 25.0 Å². The third-order valence-electron chi connectivity index (χ3n) is 4.09. The van der Waals surface area contributed by atoms with E-state index < -0.39 is 11.6 Å². The molecule has 2 aromatic carbocycles. The Morgan fingerprint density at radius 1 is 1.21 bits per heavy atom. The normalized spacial score (nSPS) is 12.5. The minimum Gasteiger partial charge on any atom is -0.478 e. The summed E-state index contributed by atoms with van der Waals surface area (Å²) in [5, 5.41) is 9.35. The van der Waals surface area contributed by atoms with Gasteiger partial charge in [0.25, 0.3) is 0 Å². The monoisotopic (exact) mass is 319 g/mol. The van der Waals surface area contributed by atoms with E-state index >= 15 is 0 Å². The lowest BCUT2D eigenvalue weighted by Crippen LogP contribution is -2.38. The van der Waals surface area contributed by atoms with Crippen molar-refractivity contribution in [2.45, 2.75) is 25.9 Å². The van der Waals surface area contributed by atoms with Crippen LogP contribution in [0.15, 0.2) is 42.5 Å². The zero-order valence-corrected chi connectivity index (χ0v) is 13.5. The van der Waals surface area contributed by atoms with E-state index in [-0.39, 0.29) is 0 Å². The molecule has 0 fully saturated rings. The predicted octanol–water partition coefficient (Wildman–Crippen LogP) is 4.72. The summed E-state index contributed by atoms with van der Waals surface area (Å²) in [5.74, 6) is -0.490. The van der Waals surface area contributed by atoms with Crippen molar-refractivity contribution in [3.05, 3.63) is 65.0 Å². The van der Waals surface area contributed by atoms with Crippen molar-refractivity contribution < 1.29 is 14.6 Å². The summed E-state index contributed by atoms with van der Waals surface area (Å²) in [6, 6.07) is 11.1. The predicted molar refractivity (Wildman–Crippen MR) is 93.2 cm³/mol. The summed E-state index contributed by atoms with van der Waals surface area (Å²) < 4.78 is 5.84. The lowest BCUT2D eigenvalue weighted by atomic mass is 9.95. The maximum atomic E-state index is 11.4. The van der Waals surface area contributed by atoms with Gasteiger partial charge in [-0.1, -0.05) is 42.5 Å². The van der Waals surface area contributed by atoms with Crippen LogP contribution < -0.4 is 4.74 Å². The van der Waals surface area contributed by atoms with Gasteiger partial charge in [-0.2, -0.15) is 0 Å². The van der Waals surface area contributed by atoms with E-state index in [4.69, 9.17) is 11.3 Å². The summed E-state index contributed by atoms with van der Waals surface area (Å²) in [6.45, 7) is 10.1.